The van der Waals surface area contributed by atoms with Crippen LogP contribution in [0.25, 0.3) is 0 Å². The molecule has 0 unspecified atom stereocenters. The van der Waals surface area contributed by atoms with Gasteiger partial charge in [0.2, 0.25) is 5.91 Å². The smallest absolute Gasteiger partial charge is 0.240 e. The molecule has 2 aromatic carbocycles. The van der Waals surface area contributed by atoms with E-state index in [-0.39, 0.29) is 24.1 Å². The van der Waals surface area contributed by atoms with Crippen molar-refractivity contribution < 1.29 is 9.18 Å². The summed E-state index contributed by atoms with van der Waals surface area (Å²) in [5.41, 5.74) is 7.84. The van der Waals surface area contributed by atoms with Gasteiger partial charge in [-0.05, 0) is 36.6 Å². The standard InChI is InChI=1S/C18H21FN2O.ClH/c1-2-21(13-15-9-6-10-16(19)11-15)18(22)17(20)12-14-7-4-3-5-8-14;/h3-11,17H,2,12-13,20H2,1H3;1H/t17-;/m0./s1. The number of hydrogen-bond donors (Lipinski definition) is 1. The lowest BCUT2D eigenvalue weighted by Crippen LogP contribution is -2.44. The van der Waals surface area contributed by atoms with Gasteiger partial charge < -0.3 is 10.6 Å². The summed E-state index contributed by atoms with van der Waals surface area (Å²) in [5, 5.41) is 0. The van der Waals surface area contributed by atoms with Crippen molar-refractivity contribution in [3.05, 3.63) is 71.5 Å². The normalized spacial score (nSPS) is 11.4. The maximum Gasteiger partial charge on any atom is 0.240 e. The number of rotatable bonds is 6. The highest BCUT2D eigenvalue weighted by molar-refractivity contribution is 5.85. The molecule has 2 aromatic rings. The predicted molar refractivity (Wildman–Crippen MR) is 92.9 cm³/mol. The Morgan fingerprint density at radius 2 is 1.78 bits per heavy atom. The van der Waals surface area contributed by atoms with Gasteiger partial charge in [-0.15, -0.1) is 12.4 Å². The Balaban J connectivity index is 0.00000264. The third-order valence-corrected chi connectivity index (χ3v) is 3.57. The second-order valence-electron chi connectivity index (χ2n) is 5.28. The van der Waals surface area contributed by atoms with Crippen molar-refractivity contribution >= 4 is 18.3 Å². The Labute approximate surface area is 142 Å². The molecule has 0 spiro atoms. The summed E-state index contributed by atoms with van der Waals surface area (Å²) in [6.07, 6.45) is 0.499. The van der Waals surface area contributed by atoms with Gasteiger partial charge in [-0.3, -0.25) is 4.79 Å². The molecule has 0 aliphatic carbocycles. The van der Waals surface area contributed by atoms with E-state index in [1.165, 1.54) is 12.1 Å². The number of hydrogen-bond acceptors (Lipinski definition) is 2. The van der Waals surface area contributed by atoms with Gasteiger partial charge in [0.25, 0.3) is 0 Å². The van der Waals surface area contributed by atoms with Gasteiger partial charge in [0.15, 0.2) is 0 Å². The van der Waals surface area contributed by atoms with Crippen molar-refractivity contribution in [1.29, 1.82) is 0 Å². The second-order valence-corrected chi connectivity index (χ2v) is 5.28. The van der Waals surface area contributed by atoms with E-state index in [1.807, 2.05) is 43.3 Å². The number of carbonyl (C=O) groups excluding carboxylic acids is 1. The van der Waals surface area contributed by atoms with E-state index >= 15 is 0 Å². The van der Waals surface area contributed by atoms with Gasteiger partial charge in [0.05, 0.1) is 6.04 Å². The van der Waals surface area contributed by atoms with Crippen molar-refractivity contribution in [2.45, 2.75) is 25.9 Å². The van der Waals surface area contributed by atoms with Gasteiger partial charge in [-0.1, -0.05) is 42.5 Å². The first kappa shape index (κ1) is 19.1. The zero-order valence-electron chi connectivity index (χ0n) is 13.1. The van der Waals surface area contributed by atoms with Crippen LogP contribution in [0.5, 0.6) is 0 Å². The molecule has 0 fully saturated rings. The van der Waals surface area contributed by atoms with E-state index in [1.54, 1.807) is 11.0 Å². The Hall–Kier alpha value is -1.91. The van der Waals surface area contributed by atoms with Gasteiger partial charge in [0, 0.05) is 13.1 Å². The quantitative estimate of drug-likeness (QED) is 0.880. The van der Waals surface area contributed by atoms with Crippen LogP contribution in [0, 0.1) is 5.82 Å². The van der Waals surface area contributed by atoms with E-state index in [0.717, 1.165) is 11.1 Å². The molecule has 23 heavy (non-hydrogen) atoms. The lowest BCUT2D eigenvalue weighted by atomic mass is 10.1. The Morgan fingerprint density at radius 3 is 2.39 bits per heavy atom. The Morgan fingerprint density at radius 1 is 1.13 bits per heavy atom. The summed E-state index contributed by atoms with van der Waals surface area (Å²) in [5.74, 6) is -0.412. The highest BCUT2D eigenvalue weighted by Gasteiger charge is 2.20. The summed E-state index contributed by atoms with van der Waals surface area (Å²) >= 11 is 0. The van der Waals surface area contributed by atoms with Gasteiger partial charge in [-0.25, -0.2) is 4.39 Å². The average molecular weight is 337 g/mol. The number of nitrogens with zero attached hydrogens (tertiary/aromatic N) is 1. The van der Waals surface area contributed by atoms with E-state index in [0.29, 0.717) is 19.5 Å². The number of carbonyl (C=O) groups is 1. The summed E-state index contributed by atoms with van der Waals surface area (Å²) in [4.78, 5) is 14.1. The summed E-state index contributed by atoms with van der Waals surface area (Å²) < 4.78 is 13.2. The van der Waals surface area contributed by atoms with Crippen LogP contribution in [-0.2, 0) is 17.8 Å². The molecular weight excluding hydrogens is 315 g/mol. The molecule has 1 atom stereocenters. The minimum atomic E-state index is -0.587. The maximum absolute atomic E-state index is 13.2. The van der Waals surface area contributed by atoms with Crippen LogP contribution in [0.3, 0.4) is 0 Å². The molecule has 0 heterocycles. The summed E-state index contributed by atoms with van der Waals surface area (Å²) in [7, 11) is 0. The van der Waals surface area contributed by atoms with Crippen molar-refractivity contribution in [3.8, 4) is 0 Å². The van der Waals surface area contributed by atoms with Gasteiger partial charge in [0.1, 0.15) is 5.82 Å². The lowest BCUT2D eigenvalue weighted by Gasteiger charge is -2.24. The second kappa shape index (κ2) is 9.28. The molecule has 0 radical (unpaired) electrons. The molecule has 2 rings (SSSR count). The fourth-order valence-electron chi connectivity index (χ4n) is 2.39. The molecular formula is C18H22ClFN2O. The van der Waals surface area contributed by atoms with Crippen LogP contribution in [0.2, 0.25) is 0 Å². The zero-order valence-corrected chi connectivity index (χ0v) is 13.9. The van der Waals surface area contributed by atoms with Crippen molar-refractivity contribution in [2.24, 2.45) is 5.73 Å². The molecule has 0 saturated carbocycles. The van der Waals surface area contributed by atoms with Crippen molar-refractivity contribution in [2.75, 3.05) is 6.54 Å². The van der Waals surface area contributed by atoms with Crippen molar-refractivity contribution in [3.63, 3.8) is 0 Å². The average Bonchev–Trinajstić information content (AvgIpc) is 2.53. The first-order valence-electron chi connectivity index (χ1n) is 7.43. The zero-order chi connectivity index (χ0) is 15.9. The summed E-state index contributed by atoms with van der Waals surface area (Å²) in [6, 6.07) is 15.4. The molecule has 124 valence electrons. The molecule has 2 N–H and O–H groups in total. The first-order valence-corrected chi connectivity index (χ1v) is 7.43. The molecule has 3 nitrogen and oxygen atoms in total. The third-order valence-electron chi connectivity index (χ3n) is 3.57. The largest absolute Gasteiger partial charge is 0.337 e. The van der Waals surface area contributed by atoms with Crippen LogP contribution >= 0.6 is 12.4 Å². The predicted octanol–water partition coefficient (Wildman–Crippen LogP) is 3.17. The minimum absolute atomic E-state index is 0. The lowest BCUT2D eigenvalue weighted by molar-refractivity contribution is -0.133. The van der Waals surface area contributed by atoms with Crippen LogP contribution in [0.4, 0.5) is 4.39 Å². The van der Waals surface area contributed by atoms with E-state index in [4.69, 9.17) is 5.73 Å². The number of likely N-dealkylation sites (N-methyl/N-ethyl adjacent to an activating group) is 1. The molecule has 0 aliphatic heterocycles. The number of benzene rings is 2. The van der Waals surface area contributed by atoms with Gasteiger partial charge >= 0.3 is 0 Å². The number of amides is 1. The molecule has 5 heteroatoms. The Kier molecular flexibility index (Phi) is 7.72. The molecule has 0 aliphatic rings. The van der Waals surface area contributed by atoms with Gasteiger partial charge in [-0.2, -0.15) is 0 Å². The first-order chi connectivity index (χ1) is 10.6. The van der Waals surface area contributed by atoms with Crippen molar-refractivity contribution in [1.82, 2.24) is 4.90 Å². The van der Waals surface area contributed by atoms with Crippen LogP contribution < -0.4 is 5.73 Å². The fraction of sp³-hybridized carbons (Fsp3) is 0.278. The molecule has 1 amide bonds. The van der Waals surface area contributed by atoms with Crippen LogP contribution in [-0.4, -0.2) is 23.4 Å². The summed E-state index contributed by atoms with van der Waals surface area (Å²) in [6.45, 7) is 2.81. The maximum atomic E-state index is 13.2. The van der Waals surface area contributed by atoms with E-state index < -0.39 is 6.04 Å². The number of nitrogens with two attached hydrogens (primary N) is 1. The molecule has 0 saturated heterocycles. The highest BCUT2D eigenvalue weighted by atomic mass is 35.5. The van der Waals surface area contributed by atoms with Crippen LogP contribution in [0.1, 0.15) is 18.1 Å². The monoisotopic (exact) mass is 336 g/mol. The highest BCUT2D eigenvalue weighted by Crippen LogP contribution is 2.10. The SMILES string of the molecule is CCN(Cc1cccc(F)c1)C(=O)[C@@H](N)Cc1ccccc1.Cl. The molecule has 0 aromatic heterocycles. The number of halogens is 2. The minimum Gasteiger partial charge on any atom is -0.337 e. The van der Waals surface area contributed by atoms with Crippen LogP contribution in [0.15, 0.2) is 54.6 Å². The fourth-order valence-corrected chi connectivity index (χ4v) is 2.39. The van der Waals surface area contributed by atoms with E-state index in [9.17, 15) is 9.18 Å². The van der Waals surface area contributed by atoms with E-state index in [2.05, 4.69) is 0 Å². The topological polar surface area (TPSA) is 46.3 Å². The third kappa shape index (κ3) is 5.66. The molecule has 0 bridgehead atoms. The Bertz CT molecular complexity index is 621.